The number of nitrogens with zero attached hydrogens (tertiary/aromatic N) is 3. The maximum absolute atomic E-state index is 6.12. The molecule has 0 radical (unpaired) electrons. The van der Waals surface area contributed by atoms with E-state index >= 15 is 0 Å². The molecule has 0 saturated heterocycles. The zero-order valence-electron chi connectivity index (χ0n) is 16.7. The molecule has 1 heterocycles. The van der Waals surface area contributed by atoms with Gasteiger partial charge in [0.1, 0.15) is 18.1 Å². The third-order valence-electron chi connectivity index (χ3n) is 4.47. The van der Waals surface area contributed by atoms with Crippen LogP contribution in [0.2, 0.25) is 10.0 Å². The average molecular weight is 472 g/mol. The molecule has 0 spiro atoms. The van der Waals surface area contributed by atoms with Crippen molar-refractivity contribution in [1.82, 2.24) is 14.8 Å². The summed E-state index contributed by atoms with van der Waals surface area (Å²) in [4.78, 5) is 0. The van der Waals surface area contributed by atoms with Crippen LogP contribution in [0.1, 0.15) is 11.4 Å². The van der Waals surface area contributed by atoms with Gasteiger partial charge in [0.05, 0.1) is 7.11 Å². The zero-order chi connectivity index (χ0) is 21.6. The Kier molecular flexibility index (Phi) is 7.02. The van der Waals surface area contributed by atoms with Gasteiger partial charge in [-0.1, -0.05) is 47.1 Å². The maximum Gasteiger partial charge on any atom is 0.196 e. The van der Waals surface area contributed by atoms with Crippen LogP contribution < -0.4 is 9.47 Å². The first-order valence-electron chi connectivity index (χ1n) is 9.47. The van der Waals surface area contributed by atoms with E-state index in [4.69, 9.17) is 32.7 Å². The second kappa shape index (κ2) is 10.1. The fourth-order valence-corrected chi connectivity index (χ4v) is 4.18. The van der Waals surface area contributed by atoms with Crippen molar-refractivity contribution in [3.05, 3.63) is 94.2 Å². The summed E-state index contributed by atoms with van der Waals surface area (Å²) in [5, 5.41) is 10.9. The van der Waals surface area contributed by atoms with E-state index in [9.17, 15) is 0 Å². The number of ether oxygens (including phenoxy) is 2. The largest absolute Gasteiger partial charge is 0.497 e. The Morgan fingerprint density at radius 3 is 2.32 bits per heavy atom. The molecule has 0 bridgehead atoms. The van der Waals surface area contributed by atoms with Gasteiger partial charge in [-0.25, -0.2) is 0 Å². The second-order valence-corrected chi connectivity index (χ2v) is 8.41. The number of hydrogen-bond donors (Lipinski definition) is 0. The lowest BCUT2D eigenvalue weighted by atomic mass is 10.2. The Balaban J connectivity index is 1.59. The fourth-order valence-electron chi connectivity index (χ4n) is 2.93. The highest BCUT2D eigenvalue weighted by Crippen LogP contribution is 2.28. The summed E-state index contributed by atoms with van der Waals surface area (Å²) in [6.07, 6.45) is 0. The summed E-state index contributed by atoms with van der Waals surface area (Å²) >= 11 is 13.7. The smallest absolute Gasteiger partial charge is 0.196 e. The molecule has 4 rings (SSSR count). The summed E-state index contributed by atoms with van der Waals surface area (Å²) in [6, 6.07) is 22.8. The van der Waals surface area contributed by atoms with Gasteiger partial charge in [-0.2, -0.15) is 0 Å². The first kappa shape index (κ1) is 21.6. The van der Waals surface area contributed by atoms with Crippen molar-refractivity contribution in [2.45, 2.75) is 17.5 Å². The van der Waals surface area contributed by atoms with E-state index < -0.39 is 0 Å². The van der Waals surface area contributed by atoms with Gasteiger partial charge in [-0.3, -0.25) is 4.57 Å². The molecule has 158 valence electrons. The van der Waals surface area contributed by atoms with Gasteiger partial charge in [-0.05, 0) is 66.2 Å². The normalized spacial score (nSPS) is 10.8. The predicted molar refractivity (Wildman–Crippen MR) is 125 cm³/mol. The van der Waals surface area contributed by atoms with Crippen LogP contribution in [0, 0.1) is 0 Å². The van der Waals surface area contributed by atoms with Crippen LogP contribution in [0.15, 0.2) is 78.0 Å². The highest BCUT2D eigenvalue weighted by molar-refractivity contribution is 7.98. The van der Waals surface area contributed by atoms with E-state index in [0.717, 1.165) is 22.2 Å². The number of thioether (sulfide) groups is 1. The molecule has 0 unspecified atom stereocenters. The Hall–Kier alpha value is -2.67. The molecule has 0 atom stereocenters. The molecule has 8 heteroatoms. The third kappa shape index (κ3) is 5.53. The van der Waals surface area contributed by atoms with Crippen molar-refractivity contribution in [2.75, 3.05) is 7.11 Å². The standard InChI is InChI=1S/C23H19Cl2N3O2S/c1-29-20-11-7-19(8-12-20)28-22(14-30-21-9-5-17(24)6-10-21)26-27-23(28)31-15-16-3-2-4-18(25)13-16/h2-13H,14-15H2,1H3. The summed E-state index contributed by atoms with van der Waals surface area (Å²) < 4.78 is 13.2. The molecular formula is C23H19Cl2N3O2S. The molecular weight excluding hydrogens is 453 g/mol. The minimum Gasteiger partial charge on any atom is -0.497 e. The quantitative estimate of drug-likeness (QED) is 0.276. The van der Waals surface area contributed by atoms with Gasteiger partial charge >= 0.3 is 0 Å². The molecule has 0 N–H and O–H groups in total. The van der Waals surface area contributed by atoms with E-state index in [-0.39, 0.29) is 6.61 Å². The van der Waals surface area contributed by atoms with Gasteiger partial charge in [0, 0.05) is 21.5 Å². The highest BCUT2D eigenvalue weighted by atomic mass is 35.5. The predicted octanol–water partition coefficient (Wildman–Crippen LogP) is 6.45. The third-order valence-corrected chi connectivity index (χ3v) is 5.96. The van der Waals surface area contributed by atoms with E-state index in [1.54, 1.807) is 31.0 Å². The minimum absolute atomic E-state index is 0.262. The lowest BCUT2D eigenvalue weighted by Crippen LogP contribution is -2.06. The fraction of sp³-hybridized carbons (Fsp3) is 0.130. The van der Waals surface area contributed by atoms with Crippen LogP contribution in [0.25, 0.3) is 5.69 Å². The monoisotopic (exact) mass is 471 g/mol. The molecule has 31 heavy (non-hydrogen) atoms. The van der Waals surface area contributed by atoms with Crippen molar-refractivity contribution in [2.24, 2.45) is 0 Å². The molecule has 4 aromatic rings. The summed E-state index contributed by atoms with van der Waals surface area (Å²) in [7, 11) is 1.64. The molecule has 1 aromatic heterocycles. The Morgan fingerprint density at radius 1 is 0.871 bits per heavy atom. The molecule has 0 aliphatic rings. The zero-order valence-corrected chi connectivity index (χ0v) is 19.0. The summed E-state index contributed by atoms with van der Waals surface area (Å²) in [6.45, 7) is 0.262. The van der Waals surface area contributed by atoms with Crippen molar-refractivity contribution >= 4 is 35.0 Å². The molecule has 0 saturated carbocycles. The molecule has 0 aliphatic heterocycles. The Labute approximate surface area is 194 Å². The minimum atomic E-state index is 0.262. The number of aromatic nitrogens is 3. The molecule has 5 nitrogen and oxygen atoms in total. The number of rotatable bonds is 8. The van der Waals surface area contributed by atoms with Crippen molar-refractivity contribution in [3.63, 3.8) is 0 Å². The van der Waals surface area contributed by atoms with Crippen LogP contribution in [-0.2, 0) is 12.4 Å². The van der Waals surface area contributed by atoms with Crippen molar-refractivity contribution in [3.8, 4) is 17.2 Å². The van der Waals surface area contributed by atoms with E-state index in [2.05, 4.69) is 10.2 Å². The van der Waals surface area contributed by atoms with E-state index in [1.807, 2.05) is 65.2 Å². The van der Waals surface area contributed by atoms with E-state index in [0.29, 0.717) is 27.4 Å². The first-order chi connectivity index (χ1) is 15.1. The van der Waals surface area contributed by atoms with Gasteiger partial charge in [0.2, 0.25) is 0 Å². The van der Waals surface area contributed by atoms with Crippen molar-refractivity contribution in [1.29, 1.82) is 0 Å². The molecule has 0 aliphatic carbocycles. The Morgan fingerprint density at radius 2 is 1.61 bits per heavy atom. The van der Waals surface area contributed by atoms with E-state index in [1.165, 1.54) is 0 Å². The molecule has 3 aromatic carbocycles. The highest BCUT2D eigenvalue weighted by Gasteiger charge is 2.16. The van der Waals surface area contributed by atoms with Gasteiger partial charge in [-0.15, -0.1) is 10.2 Å². The van der Waals surface area contributed by atoms with Crippen LogP contribution in [0.3, 0.4) is 0 Å². The first-order valence-corrected chi connectivity index (χ1v) is 11.2. The number of methoxy groups -OCH3 is 1. The van der Waals surface area contributed by atoms with Crippen LogP contribution in [-0.4, -0.2) is 21.9 Å². The number of benzene rings is 3. The maximum atomic E-state index is 6.12. The van der Waals surface area contributed by atoms with Gasteiger partial charge < -0.3 is 9.47 Å². The van der Waals surface area contributed by atoms with Crippen LogP contribution in [0.4, 0.5) is 0 Å². The van der Waals surface area contributed by atoms with Crippen molar-refractivity contribution < 1.29 is 9.47 Å². The summed E-state index contributed by atoms with van der Waals surface area (Å²) in [5.74, 6) is 2.90. The molecule has 0 fully saturated rings. The lowest BCUT2D eigenvalue weighted by molar-refractivity contribution is 0.293. The number of halogens is 2. The number of hydrogen-bond acceptors (Lipinski definition) is 5. The average Bonchev–Trinajstić information content (AvgIpc) is 3.20. The van der Waals surface area contributed by atoms with Gasteiger partial charge in [0.15, 0.2) is 11.0 Å². The van der Waals surface area contributed by atoms with Gasteiger partial charge in [0.25, 0.3) is 0 Å². The topological polar surface area (TPSA) is 49.2 Å². The van der Waals surface area contributed by atoms with Crippen LogP contribution >= 0.6 is 35.0 Å². The SMILES string of the molecule is COc1ccc(-n2c(COc3ccc(Cl)cc3)nnc2SCc2cccc(Cl)c2)cc1. The second-order valence-electron chi connectivity index (χ2n) is 6.59. The Bertz CT molecular complexity index is 1150. The summed E-state index contributed by atoms with van der Waals surface area (Å²) in [5.41, 5.74) is 2.04. The lowest BCUT2D eigenvalue weighted by Gasteiger charge is -2.12. The van der Waals surface area contributed by atoms with Crippen LogP contribution in [0.5, 0.6) is 11.5 Å². The molecule has 0 amide bonds.